The van der Waals surface area contributed by atoms with Crippen LogP contribution in [0.15, 0.2) is 48.5 Å². The highest BCUT2D eigenvalue weighted by molar-refractivity contribution is 5.93. The first-order chi connectivity index (χ1) is 10.6. The number of amides is 1. The summed E-state index contributed by atoms with van der Waals surface area (Å²) in [6, 6.07) is 16.2. The zero-order valence-corrected chi connectivity index (χ0v) is 13.5. The summed E-state index contributed by atoms with van der Waals surface area (Å²) in [6.07, 6.45) is 1.41. The van der Waals surface area contributed by atoms with Gasteiger partial charge in [0.15, 0.2) is 0 Å². The van der Waals surface area contributed by atoms with E-state index in [4.69, 9.17) is 0 Å². The molecule has 0 heterocycles. The van der Waals surface area contributed by atoms with Crippen LogP contribution in [0.1, 0.15) is 31.4 Å². The Hall–Kier alpha value is -2.29. The van der Waals surface area contributed by atoms with Gasteiger partial charge in [-0.05, 0) is 49.6 Å². The van der Waals surface area contributed by atoms with Gasteiger partial charge in [-0.25, -0.2) is 0 Å². The van der Waals surface area contributed by atoms with Crippen molar-refractivity contribution in [1.82, 2.24) is 0 Å². The van der Waals surface area contributed by atoms with Gasteiger partial charge >= 0.3 is 0 Å². The third kappa shape index (κ3) is 4.62. The quantitative estimate of drug-likeness (QED) is 0.830. The molecule has 1 atom stereocenters. The molecule has 22 heavy (non-hydrogen) atoms. The molecular weight excluding hydrogens is 272 g/mol. The Bertz CT molecular complexity index is 637. The second-order valence-corrected chi connectivity index (χ2v) is 5.71. The number of rotatable bonds is 6. The van der Waals surface area contributed by atoms with E-state index in [1.807, 2.05) is 55.5 Å². The maximum atomic E-state index is 12.3. The maximum Gasteiger partial charge on any atom is 0.228 e. The van der Waals surface area contributed by atoms with E-state index in [1.54, 1.807) is 0 Å². The van der Waals surface area contributed by atoms with Gasteiger partial charge in [0.1, 0.15) is 0 Å². The van der Waals surface area contributed by atoms with Gasteiger partial charge in [-0.3, -0.25) is 4.79 Å². The van der Waals surface area contributed by atoms with Crippen LogP contribution in [-0.2, 0) is 11.2 Å². The normalized spacial score (nSPS) is 11.8. The van der Waals surface area contributed by atoms with Gasteiger partial charge in [-0.15, -0.1) is 0 Å². The fraction of sp³-hybridized carbons (Fsp3) is 0.316. The van der Waals surface area contributed by atoms with E-state index in [-0.39, 0.29) is 5.91 Å². The first-order valence-electron chi connectivity index (χ1n) is 7.79. The molecule has 0 bridgehead atoms. The van der Waals surface area contributed by atoms with Crippen LogP contribution in [0.5, 0.6) is 0 Å². The number of carbonyl (C=O) groups excluding carboxylic acids is 1. The van der Waals surface area contributed by atoms with Crippen LogP contribution in [0.25, 0.3) is 0 Å². The molecule has 0 spiro atoms. The largest absolute Gasteiger partial charge is 0.382 e. The number of anilines is 2. The minimum atomic E-state index is 0.00371. The maximum absolute atomic E-state index is 12.3. The molecule has 2 aromatic rings. The van der Waals surface area contributed by atoms with Crippen molar-refractivity contribution in [2.45, 2.75) is 39.7 Å². The number of hydrogen-bond donors (Lipinski definition) is 2. The summed E-state index contributed by atoms with van der Waals surface area (Å²) in [5.41, 5.74) is 4.04. The lowest BCUT2D eigenvalue weighted by atomic mass is 10.1. The molecule has 0 saturated heterocycles. The SMILES string of the molecule is CCC(C)Nc1ccccc1CC(=O)Nc1cccc(C)c1. The van der Waals surface area contributed by atoms with E-state index in [2.05, 4.69) is 24.5 Å². The van der Waals surface area contributed by atoms with Crippen LogP contribution in [0.3, 0.4) is 0 Å². The monoisotopic (exact) mass is 296 g/mol. The van der Waals surface area contributed by atoms with E-state index >= 15 is 0 Å². The molecule has 0 aromatic heterocycles. The average Bonchev–Trinajstić information content (AvgIpc) is 2.49. The van der Waals surface area contributed by atoms with E-state index in [0.717, 1.165) is 28.9 Å². The van der Waals surface area contributed by atoms with E-state index in [0.29, 0.717) is 12.5 Å². The lowest BCUT2D eigenvalue weighted by Gasteiger charge is -2.16. The smallest absolute Gasteiger partial charge is 0.228 e. The van der Waals surface area contributed by atoms with Gasteiger partial charge < -0.3 is 10.6 Å². The lowest BCUT2D eigenvalue weighted by Crippen LogP contribution is -2.18. The molecule has 2 aromatic carbocycles. The Balaban J connectivity index is 2.05. The Labute approximate surface area is 132 Å². The van der Waals surface area contributed by atoms with Gasteiger partial charge in [0.25, 0.3) is 0 Å². The molecular formula is C19H24N2O. The summed E-state index contributed by atoms with van der Waals surface area (Å²) < 4.78 is 0. The molecule has 0 fully saturated rings. The fourth-order valence-corrected chi connectivity index (χ4v) is 2.28. The Morgan fingerprint density at radius 2 is 1.91 bits per heavy atom. The van der Waals surface area contributed by atoms with Crippen LogP contribution in [0.4, 0.5) is 11.4 Å². The first-order valence-corrected chi connectivity index (χ1v) is 7.79. The third-order valence-electron chi connectivity index (χ3n) is 3.68. The van der Waals surface area contributed by atoms with Gasteiger partial charge in [0.2, 0.25) is 5.91 Å². The van der Waals surface area contributed by atoms with Gasteiger partial charge in [0, 0.05) is 17.4 Å². The predicted octanol–water partition coefficient (Wildman–Crippen LogP) is 4.39. The molecule has 0 aliphatic heterocycles. The summed E-state index contributed by atoms with van der Waals surface area (Å²) in [4.78, 5) is 12.3. The molecule has 0 aliphatic rings. The minimum absolute atomic E-state index is 0.00371. The summed E-state index contributed by atoms with van der Waals surface area (Å²) in [7, 11) is 0. The topological polar surface area (TPSA) is 41.1 Å². The Kier molecular flexibility index (Phi) is 5.59. The van der Waals surface area contributed by atoms with Crippen molar-refractivity contribution in [3.8, 4) is 0 Å². The number of carbonyl (C=O) groups is 1. The van der Waals surface area contributed by atoms with E-state index < -0.39 is 0 Å². The van der Waals surface area contributed by atoms with Crippen molar-refractivity contribution in [1.29, 1.82) is 0 Å². The molecule has 1 unspecified atom stereocenters. The average molecular weight is 296 g/mol. The summed E-state index contributed by atoms with van der Waals surface area (Å²) >= 11 is 0. The standard InChI is InChI=1S/C19H24N2O/c1-4-15(3)20-18-11-6-5-9-16(18)13-19(22)21-17-10-7-8-14(2)12-17/h5-12,15,20H,4,13H2,1-3H3,(H,21,22). The highest BCUT2D eigenvalue weighted by atomic mass is 16.1. The molecule has 0 aliphatic carbocycles. The first kappa shape index (κ1) is 16.1. The van der Waals surface area contributed by atoms with Crippen molar-refractivity contribution in [2.24, 2.45) is 0 Å². The molecule has 3 nitrogen and oxygen atoms in total. The predicted molar refractivity (Wildman–Crippen MR) is 93.3 cm³/mol. The van der Waals surface area contributed by atoms with Crippen molar-refractivity contribution in [3.05, 3.63) is 59.7 Å². The van der Waals surface area contributed by atoms with Crippen LogP contribution in [-0.4, -0.2) is 11.9 Å². The molecule has 2 rings (SSSR count). The summed E-state index contributed by atoms with van der Waals surface area (Å²) in [6.45, 7) is 6.30. The molecule has 0 saturated carbocycles. The van der Waals surface area contributed by atoms with Crippen LogP contribution >= 0.6 is 0 Å². The molecule has 116 valence electrons. The van der Waals surface area contributed by atoms with Crippen LogP contribution in [0, 0.1) is 6.92 Å². The number of benzene rings is 2. The summed E-state index contributed by atoms with van der Waals surface area (Å²) in [5, 5.41) is 6.42. The van der Waals surface area contributed by atoms with Crippen molar-refractivity contribution in [2.75, 3.05) is 10.6 Å². The van der Waals surface area contributed by atoms with Crippen LogP contribution in [0.2, 0.25) is 0 Å². The second-order valence-electron chi connectivity index (χ2n) is 5.71. The van der Waals surface area contributed by atoms with Gasteiger partial charge in [0.05, 0.1) is 6.42 Å². The van der Waals surface area contributed by atoms with E-state index in [9.17, 15) is 4.79 Å². The highest BCUT2D eigenvalue weighted by Crippen LogP contribution is 2.18. The van der Waals surface area contributed by atoms with Gasteiger partial charge in [-0.1, -0.05) is 37.3 Å². The zero-order chi connectivity index (χ0) is 15.9. The van der Waals surface area contributed by atoms with Gasteiger partial charge in [-0.2, -0.15) is 0 Å². The lowest BCUT2D eigenvalue weighted by molar-refractivity contribution is -0.115. The van der Waals surface area contributed by atoms with Crippen molar-refractivity contribution in [3.63, 3.8) is 0 Å². The number of aryl methyl sites for hydroxylation is 1. The molecule has 1 amide bonds. The number of nitrogens with one attached hydrogen (secondary N) is 2. The zero-order valence-electron chi connectivity index (χ0n) is 13.5. The highest BCUT2D eigenvalue weighted by Gasteiger charge is 2.09. The van der Waals surface area contributed by atoms with Crippen molar-refractivity contribution < 1.29 is 4.79 Å². The number of hydrogen-bond acceptors (Lipinski definition) is 2. The fourth-order valence-electron chi connectivity index (χ4n) is 2.28. The van der Waals surface area contributed by atoms with Crippen molar-refractivity contribution >= 4 is 17.3 Å². The Morgan fingerprint density at radius 3 is 2.64 bits per heavy atom. The molecule has 2 N–H and O–H groups in total. The molecule has 0 radical (unpaired) electrons. The Morgan fingerprint density at radius 1 is 1.14 bits per heavy atom. The minimum Gasteiger partial charge on any atom is -0.382 e. The third-order valence-corrected chi connectivity index (χ3v) is 3.68. The second kappa shape index (κ2) is 7.64. The van der Waals surface area contributed by atoms with Crippen LogP contribution < -0.4 is 10.6 Å². The van der Waals surface area contributed by atoms with E-state index in [1.165, 1.54) is 0 Å². The molecule has 3 heteroatoms. The number of para-hydroxylation sites is 1. The summed E-state index contributed by atoms with van der Waals surface area (Å²) in [5.74, 6) is 0.00371.